The maximum atomic E-state index is 13.3. The average Bonchev–Trinajstić information content (AvgIpc) is 3.21. The molecule has 0 bridgehead atoms. The number of nitrogens with zero attached hydrogens (tertiary/aromatic N) is 2. The summed E-state index contributed by atoms with van der Waals surface area (Å²) < 4.78 is 16.0. The molecule has 1 heterocycles. The molecule has 1 fully saturated rings. The number of nitrogens with one attached hydrogen (secondary N) is 1. The van der Waals surface area contributed by atoms with Crippen LogP contribution in [0.4, 0.5) is 17.1 Å². The Morgan fingerprint density at radius 3 is 2.52 bits per heavy atom. The van der Waals surface area contributed by atoms with E-state index in [1.807, 2.05) is 24.3 Å². The number of hydrogen-bond donors (Lipinski definition) is 1. The minimum Gasteiger partial charge on any atom is -0.493 e. The van der Waals surface area contributed by atoms with Crippen LogP contribution in [0.25, 0.3) is 0 Å². The largest absolute Gasteiger partial charge is 0.493 e. The van der Waals surface area contributed by atoms with Crippen molar-refractivity contribution in [2.75, 3.05) is 38.1 Å². The Hall–Kier alpha value is -3.55. The summed E-state index contributed by atoms with van der Waals surface area (Å²) in [6.45, 7) is -0.119. The minimum absolute atomic E-state index is 0.0822. The molecule has 0 saturated heterocycles. The van der Waals surface area contributed by atoms with E-state index in [1.165, 1.54) is 26.2 Å². The van der Waals surface area contributed by atoms with Crippen molar-refractivity contribution in [1.29, 1.82) is 0 Å². The Balaban J connectivity index is 1.59. The number of para-hydroxylation sites is 2. The second kappa shape index (κ2) is 8.67. The molecular weight excluding hydrogens is 398 g/mol. The molecule has 2 aromatic carbocycles. The molecule has 1 aliphatic heterocycles. The molecule has 1 N–H and O–H groups in total. The van der Waals surface area contributed by atoms with Gasteiger partial charge in [-0.15, -0.1) is 0 Å². The van der Waals surface area contributed by atoms with Crippen molar-refractivity contribution in [3.05, 3.63) is 36.4 Å². The van der Waals surface area contributed by atoms with Crippen LogP contribution in [0.5, 0.6) is 17.2 Å². The van der Waals surface area contributed by atoms with Crippen molar-refractivity contribution in [3.63, 3.8) is 0 Å². The van der Waals surface area contributed by atoms with Crippen LogP contribution in [0.3, 0.4) is 0 Å². The van der Waals surface area contributed by atoms with Gasteiger partial charge in [-0.25, -0.2) is 0 Å². The summed E-state index contributed by atoms with van der Waals surface area (Å²) in [5.74, 6) is 0.613. The molecule has 1 atom stereocenters. The van der Waals surface area contributed by atoms with Gasteiger partial charge >= 0.3 is 0 Å². The first kappa shape index (κ1) is 20.7. The first-order chi connectivity index (χ1) is 15.0. The fourth-order valence-corrected chi connectivity index (χ4v) is 4.14. The van der Waals surface area contributed by atoms with Crippen LogP contribution in [0.2, 0.25) is 0 Å². The van der Waals surface area contributed by atoms with Crippen LogP contribution in [0, 0.1) is 5.92 Å². The Bertz CT molecular complexity index is 1020. The number of methoxy groups -OCH3 is 3. The lowest BCUT2D eigenvalue weighted by Crippen LogP contribution is -2.41. The number of rotatable bonds is 6. The highest BCUT2D eigenvalue weighted by atomic mass is 16.5. The number of hydrogen-bond acceptors (Lipinski definition) is 6. The molecule has 1 aliphatic carbocycles. The van der Waals surface area contributed by atoms with Gasteiger partial charge in [-0.1, -0.05) is 12.1 Å². The van der Waals surface area contributed by atoms with Crippen LogP contribution in [-0.2, 0) is 9.59 Å². The molecule has 4 rings (SSSR count). The second-order valence-electron chi connectivity index (χ2n) is 7.42. The Labute approximate surface area is 180 Å². The summed E-state index contributed by atoms with van der Waals surface area (Å²) in [7, 11) is 4.53. The van der Waals surface area contributed by atoms with E-state index in [1.54, 1.807) is 12.1 Å². The summed E-state index contributed by atoms with van der Waals surface area (Å²) in [4.78, 5) is 32.5. The third-order valence-corrected chi connectivity index (χ3v) is 5.58. The normalized spacial score (nSPS) is 17.3. The molecule has 0 unspecified atom stereocenters. The number of aliphatic imine (C=N–C) groups is 1. The van der Waals surface area contributed by atoms with Crippen LogP contribution in [0.1, 0.15) is 19.3 Å². The van der Waals surface area contributed by atoms with E-state index in [4.69, 9.17) is 19.2 Å². The van der Waals surface area contributed by atoms with Crippen molar-refractivity contribution in [1.82, 2.24) is 0 Å². The van der Waals surface area contributed by atoms with E-state index < -0.39 is 0 Å². The molecule has 2 aliphatic rings. The lowest BCUT2D eigenvalue weighted by molar-refractivity contribution is -0.122. The summed E-state index contributed by atoms with van der Waals surface area (Å²) in [6, 6.07) is 10.7. The number of ether oxygens (including phenoxy) is 3. The summed E-state index contributed by atoms with van der Waals surface area (Å²) in [5, 5.41) is 2.84. The molecule has 0 spiro atoms. The first-order valence-corrected chi connectivity index (χ1v) is 10.1. The summed E-state index contributed by atoms with van der Waals surface area (Å²) in [6.07, 6.45) is 2.51. The molecule has 1 saturated carbocycles. The summed E-state index contributed by atoms with van der Waals surface area (Å²) >= 11 is 0. The lowest BCUT2D eigenvalue weighted by Gasteiger charge is -2.24. The number of fused-ring (bicyclic) bond motifs is 2. The van der Waals surface area contributed by atoms with Gasteiger partial charge in [0.25, 0.3) is 0 Å². The zero-order valence-electron chi connectivity index (χ0n) is 17.8. The average molecular weight is 423 g/mol. The van der Waals surface area contributed by atoms with Crippen molar-refractivity contribution >= 4 is 34.6 Å². The van der Waals surface area contributed by atoms with E-state index in [9.17, 15) is 9.59 Å². The van der Waals surface area contributed by atoms with Gasteiger partial charge in [-0.2, -0.15) is 0 Å². The van der Waals surface area contributed by atoms with Gasteiger partial charge < -0.3 is 24.4 Å². The van der Waals surface area contributed by atoms with Crippen molar-refractivity contribution in [2.45, 2.75) is 19.3 Å². The SMILES string of the molecule is COc1cc(NC(=O)CN2C(=O)[C@H]3CCCC3=Nc3ccccc32)cc(OC)c1OC. The van der Waals surface area contributed by atoms with E-state index in [-0.39, 0.29) is 24.3 Å². The first-order valence-electron chi connectivity index (χ1n) is 10.1. The summed E-state index contributed by atoms with van der Waals surface area (Å²) in [5.41, 5.74) is 2.75. The molecule has 8 heteroatoms. The van der Waals surface area contributed by atoms with Gasteiger partial charge in [0.05, 0.1) is 38.6 Å². The van der Waals surface area contributed by atoms with Crippen LogP contribution >= 0.6 is 0 Å². The van der Waals surface area contributed by atoms with Gasteiger partial charge in [-0.05, 0) is 31.4 Å². The molecule has 162 valence electrons. The number of benzene rings is 2. The zero-order valence-corrected chi connectivity index (χ0v) is 17.8. The maximum absolute atomic E-state index is 13.3. The molecule has 0 aromatic heterocycles. The second-order valence-corrected chi connectivity index (χ2v) is 7.42. The van der Waals surface area contributed by atoms with Crippen LogP contribution in [-0.4, -0.2) is 45.4 Å². The van der Waals surface area contributed by atoms with Gasteiger partial charge in [0.2, 0.25) is 17.6 Å². The number of carbonyl (C=O) groups excluding carboxylic acids is 2. The molecule has 2 aromatic rings. The standard InChI is InChI=1S/C23H25N3O5/c1-29-19-11-14(12-20(30-2)22(19)31-3)24-21(27)13-26-18-10-5-4-8-17(18)25-16-9-6-7-15(16)23(26)28/h4-5,8,10-12,15H,6-7,9,13H2,1-3H3,(H,24,27)/t15-/m0/s1. The Morgan fingerprint density at radius 2 is 1.84 bits per heavy atom. The third-order valence-electron chi connectivity index (χ3n) is 5.58. The minimum atomic E-state index is -0.334. The zero-order chi connectivity index (χ0) is 22.0. The molecule has 31 heavy (non-hydrogen) atoms. The fourth-order valence-electron chi connectivity index (χ4n) is 4.14. The predicted octanol–water partition coefficient (Wildman–Crippen LogP) is 3.57. The van der Waals surface area contributed by atoms with Gasteiger partial charge in [0, 0.05) is 23.5 Å². The highest BCUT2D eigenvalue weighted by molar-refractivity contribution is 6.16. The quantitative estimate of drug-likeness (QED) is 0.767. The highest BCUT2D eigenvalue weighted by Crippen LogP contribution is 2.40. The molecule has 0 radical (unpaired) electrons. The highest BCUT2D eigenvalue weighted by Gasteiger charge is 2.37. The number of carbonyl (C=O) groups is 2. The molecule has 2 amide bonds. The fraction of sp³-hybridized carbons (Fsp3) is 0.348. The topological polar surface area (TPSA) is 89.5 Å². The van der Waals surface area contributed by atoms with E-state index in [2.05, 4.69) is 5.32 Å². The third kappa shape index (κ3) is 3.93. The number of amides is 2. The molecular formula is C23H25N3O5. The van der Waals surface area contributed by atoms with Crippen LogP contribution in [0.15, 0.2) is 41.4 Å². The maximum Gasteiger partial charge on any atom is 0.244 e. The van der Waals surface area contributed by atoms with Crippen molar-refractivity contribution < 1.29 is 23.8 Å². The van der Waals surface area contributed by atoms with E-state index in [0.717, 1.165) is 30.7 Å². The lowest BCUT2D eigenvalue weighted by atomic mass is 10.1. The Kier molecular flexibility index (Phi) is 5.79. The van der Waals surface area contributed by atoms with Crippen molar-refractivity contribution in [2.24, 2.45) is 10.9 Å². The monoisotopic (exact) mass is 423 g/mol. The smallest absolute Gasteiger partial charge is 0.244 e. The van der Waals surface area contributed by atoms with Crippen LogP contribution < -0.4 is 24.4 Å². The van der Waals surface area contributed by atoms with Gasteiger partial charge in [0.15, 0.2) is 11.5 Å². The van der Waals surface area contributed by atoms with E-state index >= 15 is 0 Å². The van der Waals surface area contributed by atoms with Crippen molar-refractivity contribution in [3.8, 4) is 17.2 Å². The van der Waals surface area contributed by atoms with E-state index in [0.29, 0.717) is 28.6 Å². The predicted molar refractivity (Wildman–Crippen MR) is 118 cm³/mol. The van der Waals surface area contributed by atoms with Gasteiger partial charge in [-0.3, -0.25) is 14.6 Å². The Morgan fingerprint density at radius 1 is 1.13 bits per heavy atom. The molecule has 8 nitrogen and oxygen atoms in total. The number of anilines is 2. The van der Waals surface area contributed by atoms with Gasteiger partial charge in [0.1, 0.15) is 6.54 Å².